The predicted octanol–water partition coefficient (Wildman–Crippen LogP) is 2.01. The van der Waals surface area contributed by atoms with Crippen LogP contribution in [0.1, 0.15) is 12.8 Å². The lowest BCUT2D eigenvalue weighted by atomic mass is 10.1. The summed E-state index contributed by atoms with van der Waals surface area (Å²) in [6, 6.07) is 4.34. The van der Waals surface area contributed by atoms with E-state index in [1.54, 1.807) is 20.5 Å². The topological polar surface area (TPSA) is 56.7 Å². The minimum absolute atomic E-state index is 0.338. The summed E-state index contributed by atoms with van der Waals surface area (Å²) in [7, 11) is 3.27. The van der Waals surface area contributed by atoms with Gasteiger partial charge in [0, 0.05) is 18.5 Å². The summed E-state index contributed by atoms with van der Waals surface area (Å²) in [5.41, 5.74) is 0.786. The number of nitrogens with zero attached hydrogens (tertiary/aromatic N) is 3. The van der Waals surface area contributed by atoms with Crippen molar-refractivity contribution in [2.24, 2.45) is 0 Å². The van der Waals surface area contributed by atoms with Crippen LogP contribution in [0.5, 0.6) is 11.5 Å². The van der Waals surface area contributed by atoms with E-state index in [0.29, 0.717) is 23.6 Å². The Bertz CT molecular complexity index is 706. The molecule has 2 fully saturated rings. The number of ether oxygens (including phenoxy) is 3. The van der Waals surface area contributed by atoms with Crippen LogP contribution in [0.4, 0.5) is 5.82 Å². The summed E-state index contributed by atoms with van der Waals surface area (Å²) in [5.74, 6) is 2.30. The van der Waals surface area contributed by atoms with Crippen molar-refractivity contribution in [3.63, 3.8) is 0 Å². The van der Waals surface area contributed by atoms with Gasteiger partial charge in [0.25, 0.3) is 0 Å². The number of rotatable bonds is 3. The molecule has 0 spiro atoms. The first-order valence-electron chi connectivity index (χ1n) is 7.57. The van der Waals surface area contributed by atoms with Crippen LogP contribution in [0, 0.1) is 0 Å². The molecule has 3 heterocycles. The third-order valence-corrected chi connectivity index (χ3v) is 4.63. The molecule has 0 aliphatic carbocycles. The number of benzene rings is 1. The first-order valence-corrected chi connectivity index (χ1v) is 7.57. The van der Waals surface area contributed by atoms with E-state index in [9.17, 15) is 0 Å². The van der Waals surface area contributed by atoms with Crippen LogP contribution in [0.25, 0.3) is 10.9 Å². The second-order valence-electron chi connectivity index (χ2n) is 5.64. The van der Waals surface area contributed by atoms with Gasteiger partial charge >= 0.3 is 0 Å². The van der Waals surface area contributed by atoms with Crippen molar-refractivity contribution in [3.05, 3.63) is 18.5 Å². The molecule has 2 aromatic rings. The van der Waals surface area contributed by atoms with Crippen molar-refractivity contribution in [3.8, 4) is 11.5 Å². The lowest BCUT2D eigenvalue weighted by molar-refractivity contribution is 0.113. The van der Waals surface area contributed by atoms with Crippen LogP contribution in [0.15, 0.2) is 18.5 Å². The van der Waals surface area contributed by atoms with Gasteiger partial charge in [0.15, 0.2) is 11.5 Å². The molecule has 2 aliphatic rings. The van der Waals surface area contributed by atoms with Crippen LogP contribution in [-0.4, -0.2) is 49.5 Å². The van der Waals surface area contributed by atoms with Gasteiger partial charge in [0.2, 0.25) is 0 Å². The molecule has 1 aromatic carbocycles. The zero-order valence-corrected chi connectivity index (χ0v) is 12.8. The Balaban J connectivity index is 1.85. The molecule has 0 bridgehead atoms. The maximum atomic E-state index is 5.79. The van der Waals surface area contributed by atoms with Crippen molar-refractivity contribution in [2.45, 2.75) is 25.0 Å². The van der Waals surface area contributed by atoms with Crippen LogP contribution in [0.3, 0.4) is 0 Å². The highest BCUT2D eigenvalue weighted by molar-refractivity contribution is 5.95. The molecule has 6 heteroatoms. The highest BCUT2D eigenvalue weighted by atomic mass is 16.5. The van der Waals surface area contributed by atoms with E-state index in [2.05, 4.69) is 14.9 Å². The second kappa shape index (κ2) is 5.28. The van der Waals surface area contributed by atoms with Gasteiger partial charge in [-0.1, -0.05) is 0 Å². The molecule has 1 unspecified atom stereocenters. The molecule has 2 atom stereocenters. The molecule has 2 aliphatic heterocycles. The largest absolute Gasteiger partial charge is 0.493 e. The maximum absolute atomic E-state index is 5.79. The number of hydrogen-bond acceptors (Lipinski definition) is 6. The highest BCUT2D eigenvalue weighted by Crippen LogP contribution is 2.40. The first kappa shape index (κ1) is 13.6. The number of methoxy groups -OCH3 is 2. The molecule has 0 saturated carbocycles. The SMILES string of the molecule is COc1ccc2c(N3CC[C@@H]4OCCC43)ncnc2c1OC. The molecule has 2 saturated heterocycles. The van der Waals surface area contributed by atoms with Gasteiger partial charge in [-0.05, 0) is 25.0 Å². The molecule has 1 aromatic heterocycles. The van der Waals surface area contributed by atoms with E-state index in [4.69, 9.17) is 14.2 Å². The lowest BCUT2D eigenvalue weighted by Crippen LogP contribution is -2.32. The summed E-state index contributed by atoms with van der Waals surface area (Å²) in [6.45, 7) is 1.81. The minimum atomic E-state index is 0.338. The fourth-order valence-corrected chi connectivity index (χ4v) is 3.62. The van der Waals surface area contributed by atoms with Gasteiger partial charge in [-0.2, -0.15) is 0 Å². The van der Waals surface area contributed by atoms with Crippen LogP contribution in [-0.2, 0) is 4.74 Å². The third kappa shape index (κ3) is 1.90. The van der Waals surface area contributed by atoms with E-state index in [1.165, 1.54) is 0 Å². The summed E-state index contributed by atoms with van der Waals surface area (Å²) < 4.78 is 16.6. The molecular weight excluding hydrogens is 282 g/mol. The molecule has 0 N–H and O–H groups in total. The maximum Gasteiger partial charge on any atom is 0.187 e. The zero-order chi connectivity index (χ0) is 15.1. The summed E-state index contributed by atoms with van der Waals surface area (Å²) >= 11 is 0. The van der Waals surface area contributed by atoms with Gasteiger partial charge in [0.05, 0.1) is 26.4 Å². The van der Waals surface area contributed by atoms with E-state index in [-0.39, 0.29) is 0 Å². The smallest absolute Gasteiger partial charge is 0.187 e. The second-order valence-corrected chi connectivity index (χ2v) is 5.64. The van der Waals surface area contributed by atoms with Gasteiger partial charge in [-0.15, -0.1) is 0 Å². The number of fused-ring (bicyclic) bond motifs is 2. The van der Waals surface area contributed by atoms with Crippen LogP contribution >= 0.6 is 0 Å². The van der Waals surface area contributed by atoms with Crippen molar-refractivity contribution in [1.82, 2.24) is 9.97 Å². The Morgan fingerprint density at radius 2 is 2.09 bits per heavy atom. The highest BCUT2D eigenvalue weighted by Gasteiger charge is 2.40. The average Bonchev–Trinajstić information content (AvgIpc) is 3.16. The van der Waals surface area contributed by atoms with Crippen LogP contribution in [0.2, 0.25) is 0 Å². The molecule has 22 heavy (non-hydrogen) atoms. The Morgan fingerprint density at radius 1 is 1.18 bits per heavy atom. The summed E-state index contributed by atoms with van der Waals surface area (Å²) in [6.07, 6.45) is 4.06. The lowest BCUT2D eigenvalue weighted by Gasteiger charge is -2.25. The summed E-state index contributed by atoms with van der Waals surface area (Å²) in [5, 5.41) is 0.993. The van der Waals surface area contributed by atoms with Crippen LogP contribution < -0.4 is 14.4 Å². The minimum Gasteiger partial charge on any atom is -0.493 e. The molecule has 6 nitrogen and oxygen atoms in total. The zero-order valence-electron chi connectivity index (χ0n) is 12.8. The van der Waals surface area contributed by atoms with Gasteiger partial charge in [-0.3, -0.25) is 0 Å². The van der Waals surface area contributed by atoms with Gasteiger partial charge in [-0.25, -0.2) is 9.97 Å². The Hall–Kier alpha value is -2.08. The van der Waals surface area contributed by atoms with Crippen molar-refractivity contribution < 1.29 is 14.2 Å². The fraction of sp³-hybridized carbons (Fsp3) is 0.500. The fourth-order valence-electron chi connectivity index (χ4n) is 3.62. The molecule has 116 valence electrons. The number of hydrogen-bond donors (Lipinski definition) is 0. The van der Waals surface area contributed by atoms with Crippen molar-refractivity contribution in [2.75, 3.05) is 32.3 Å². The van der Waals surface area contributed by atoms with Gasteiger partial charge < -0.3 is 19.1 Å². The first-order chi connectivity index (χ1) is 10.8. The average molecular weight is 301 g/mol. The molecular formula is C16H19N3O3. The van der Waals surface area contributed by atoms with Crippen molar-refractivity contribution >= 4 is 16.7 Å². The van der Waals surface area contributed by atoms with E-state index in [0.717, 1.165) is 42.7 Å². The van der Waals surface area contributed by atoms with E-state index in [1.807, 2.05) is 12.1 Å². The monoisotopic (exact) mass is 301 g/mol. The predicted molar refractivity (Wildman–Crippen MR) is 82.8 cm³/mol. The molecule has 0 radical (unpaired) electrons. The number of anilines is 1. The quantitative estimate of drug-likeness (QED) is 0.864. The van der Waals surface area contributed by atoms with E-state index >= 15 is 0 Å². The standard InChI is InChI=1S/C16H19N3O3/c1-20-13-4-3-10-14(15(13)21-2)17-9-18-16(10)19-7-5-12-11(19)6-8-22-12/h3-4,9,11-12H,5-8H2,1-2H3/t11?,12-/m0/s1. The molecule has 4 rings (SSSR count). The third-order valence-electron chi connectivity index (χ3n) is 4.63. The van der Waals surface area contributed by atoms with Crippen molar-refractivity contribution in [1.29, 1.82) is 0 Å². The van der Waals surface area contributed by atoms with E-state index < -0.39 is 0 Å². The van der Waals surface area contributed by atoms with Gasteiger partial charge in [0.1, 0.15) is 17.7 Å². The Labute approximate surface area is 129 Å². The normalized spacial score (nSPS) is 23.8. The summed E-state index contributed by atoms with van der Waals surface area (Å²) in [4.78, 5) is 11.3. The number of aromatic nitrogens is 2. The Morgan fingerprint density at radius 3 is 2.91 bits per heavy atom. The Kier molecular flexibility index (Phi) is 3.26. The molecule has 0 amide bonds.